The topological polar surface area (TPSA) is 117 Å². The van der Waals surface area contributed by atoms with Crippen molar-refractivity contribution in [3.05, 3.63) is 88.2 Å². The second-order valence-corrected chi connectivity index (χ2v) is 8.16. The van der Waals surface area contributed by atoms with E-state index in [1.54, 1.807) is 24.3 Å². The van der Waals surface area contributed by atoms with Gasteiger partial charge >= 0.3 is 0 Å². The van der Waals surface area contributed by atoms with Crippen LogP contribution in [0.5, 0.6) is 11.5 Å². The normalized spacial score (nSPS) is 11.2. The molecule has 0 aliphatic rings. The standard InChI is InChI=1S/C24H20N4O4S/c1-15-6-9-17(10-7-15)28-23(32)18-4-2-3-5-19(18)26-24(28)33-14-22(31)27-25-13-16-8-11-20(29)21(30)12-16/h2-13,29-30H,14H2,1H3,(H,27,31)/b25-13-. The van der Waals surface area contributed by atoms with E-state index < -0.39 is 5.91 Å². The summed E-state index contributed by atoms with van der Waals surface area (Å²) in [7, 11) is 0. The smallest absolute Gasteiger partial charge is 0.266 e. The van der Waals surface area contributed by atoms with E-state index in [1.165, 1.54) is 22.9 Å². The summed E-state index contributed by atoms with van der Waals surface area (Å²) in [6, 6.07) is 18.8. The number of aryl methyl sites for hydroxylation is 1. The average molecular weight is 461 g/mol. The molecular weight excluding hydrogens is 440 g/mol. The summed E-state index contributed by atoms with van der Waals surface area (Å²) in [4.78, 5) is 30.1. The van der Waals surface area contributed by atoms with Crippen LogP contribution in [0.15, 0.2) is 81.8 Å². The molecule has 3 N–H and O–H groups in total. The minimum Gasteiger partial charge on any atom is -0.504 e. The highest BCUT2D eigenvalue weighted by Gasteiger charge is 2.14. The monoisotopic (exact) mass is 460 g/mol. The number of carbonyl (C=O) groups excluding carboxylic acids is 1. The van der Waals surface area contributed by atoms with Crippen LogP contribution in [0.4, 0.5) is 0 Å². The molecule has 1 aromatic heterocycles. The third-order valence-corrected chi connectivity index (χ3v) is 5.71. The molecule has 4 rings (SSSR count). The van der Waals surface area contributed by atoms with Gasteiger partial charge in [-0.25, -0.2) is 10.4 Å². The van der Waals surface area contributed by atoms with Crippen LogP contribution in [0.1, 0.15) is 11.1 Å². The number of phenols is 2. The Labute approximate surface area is 193 Å². The average Bonchev–Trinajstić information content (AvgIpc) is 2.81. The van der Waals surface area contributed by atoms with Gasteiger partial charge in [0, 0.05) is 0 Å². The number of phenolic OH excluding ortho intramolecular Hbond substituents is 2. The fraction of sp³-hybridized carbons (Fsp3) is 0.0833. The Morgan fingerprint density at radius 2 is 1.85 bits per heavy atom. The van der Waals surface area contributed by atoms with Gasteiger partial charge in [-0.2, -0.15) is 5.10 Å². The first-order valence-corrected chi connectivity index (χ1v) is 11.0. The van der Waals surface area contributed by atoms with Crippen molar-refractivity contribution < 1.29 is 15.0 Å². The predicted molar refractivity (Wildman–Crippen MR) is 128 cm³/mol. The number of thioether (sulfide) groups is 1. The molecule has 0 aliphatic carbocycles. The third kappa shape index (κ3) is 5.04. The van der Waals surface area contributed by atoms with Crippen molar-refractivity contribution in [1.29, 1.82) is 0 Å². The van der Waals surface area contributed by atoms with E-state index >= 15 is 0 Å². The molecule has 33 heavy (non-hydrogen) atoms. The number of carbonyl (C=O) groups is 1. The lowest BCUT2D eigenvalue weighted by Gasteiger charge is -2.13. The van der Waals surface area contributed by atoms with Crippen LogP contribution in [-0.2, 0) is 4.79 Å². The summed E-state index contributed by atoms with van der Waals surface area (Å²) < 4.78 is 1.50. The minimum absolute atomic E-state index is 0.0190. The lowest BCUT2D eigenvalue weighted by atomic mass is 10.2. The zero-order valence-electron chi connectivity index (χ0n) is 17.6. The summed E-state index contributed by atoms with van der Waals surface area (Å²) in [6.45, 7) is 1.96. The van der Waals surface area contributed by atoms with Crippen molar-refractivity contribution in [2.45, 2.75) is 12.1 Å². The molecule has 0 atom stereocenters. The van der Waals surface area contributed by atoms with Gasteiger partial charge in [-0.1, -0.05) is 41.6 Å². The lowest BCUT2D eigenvalue weighted by molar-refractivity contribution is -0.118. The van der Waals surface area contributed by atoms with Gasteiger partial charge < -0.3 is 10.2 Å². The maximum Gasteiger partial charge on any atom is 0.266 e. The number of aromatic hydroxyl groups is 2. The van der Waals surface area contributed by atoms with Crippen LogP contribution in [0.2, 0.25) is 0 Å². The summed E-state index contributed by atoms with van der Waals surface area (Å²) in [5.74, 6) is -0.932. The zero-order valence-corrected chi connectivity index (χ0v) is 18.4. The number of nitrogens with one attached hydrogen (secondary N) is 1. The van der Waals surface area contributed by atoms with Gasteiger partial charge in [-0.05, 0) is 55.0 Å². The van der Waals surface area contributed by atoms with Crippen LogP contribution in [0.3, 0.4) is 0 Å². The van der Waals surface area contributed by atoms with Crippen molar-refractivity contribution in [2.75, 3.05) is 5.75 Å². The molecule has 0 fully saturated rings. The van der Waals surface area contributed by atoms with Crippen LogP contribution >= 0.6 is 11.8 Å². The Hall–Kier alpha value is -4.11. The molecule has 0 bridgehead atoms. The van der Waals surface area contributed by atoms with Gasteiger partial charge in [0.05, 0.1) is 28.6 Å². The number of aromatic nitrogens is 2. The van der Waals surface area contributed by atoms with Crippen LogP contribution < -0.4 is 11.0 Å². The van der Waals surface area contributed by atoms with Crippen LogP contribution in [0.25, 0.3) is 16.6 Å². The van der Waals surface area contributed by atoms with E-state index in [-0.39, 0.29) is 22.8 Å². The fourth-order valence-electron chi connectivity index (χ4n) is 3.09. The lowest BCUT2D eigenvalue weighted by Crippen LogP contribution is -2.24. The van der Waals surface area contributed by atoms with Gasteiger partial charge in [0.1, 0.15) is 0 Å². The van der Waals surface area contributed by atoms with Crippen molar-refractivity contribution in [2.24, 2.45) is 5.10 Å². The predicted octanol–water partition coefficient (Wildman–Crippen LogP) is 3.35. The molecule has 1 amide bonds. The van der Waals surface area contributed by atoms with E-state index in [2.05, 4.69) is 15.5 Å². The quantitative estimate of drug-likeness (QED) is 0.134. The number of hydrogen-bond donors (Lipinski definition) is 3. The van der Waals surface area contributed by atoms with Gasteiger partial charge in [-0.3, -0.25) is 14.2 Å². The molecule has 0 saturated carbocycles. The van der Waals surface area contributed by atoms with Gasteiger partial charge in [0.2, 0.25) is 0 Å². The largest absolute Gasteiger partial charge is 0.504 e. The SMILES string of the molecule is Cc1ccc(-n2c(SCC(=O)N/N=C\c3ccc(O)c(O)c3)nc3ccccc3c2=O)cc1. The maximum absolute atomic E-state index is 13.2. The first-order chi connectivity index (χ1) is 15.9. The first-order valence-electron chi connectivity index (χ1n) is 9.98. The Morgan fingerprint density at radius 3 is 2.61 bits per heavy atom. The Bertz CT molecular complexity index is 1410. The minimum atomic E-state index is -0.392. The Balaban J connectivity index is 1.55. The third-order valence-electron chi connectivity index (χ3n) is 4.77. The fourth-order valence-corrected chi connectivity index (χ4v) is 3.90. The second kappa shape index (κ2) is 9.58. The van der Waals surface area contributed by atoms with E-state index in [9.17, 15) is 19.8 Å². The number of fused-ring (bicyclic) bond motifs is 1. The maximum atomic E-state index is 13.2. The number of hydrogen-bond acceptors (Lipinski definition) is 7. The second-order valence-electron chi connectivity index (χ2n) is 7.22. The molecule has 0 unspecified atom stereocenters. The van der Waals surface area contributed by atoms with Crippen LogP contribution in [-0.4, -0.2) is 37.6 Å². The van der Waals surface area contributed by atoms with Crippen molar-refractivity contribution in [1.82, 2.24) is 15.0 Å². The van der Waals surface area contributed by atoms with Crippen molar-refractivity contribution >= 4 is 34.8 Å². The van der Waals surface area contributed by atoms with E-state index in [4.69, 9.17) is 0 Å². The summed E-state index contributed by atoms with van der Waals surface area (Å²) >= 11 is 1.13. The Morgan fingerprint density at radius 1 is 1.09 bits per heavy atom. The summed E-state index contributed by atoms with van der Waals surface area (Å²) in [5, 5.41) is 23.6. The molecule has 8 nitrogen and oxygen atoms in total. The number of benzene rings is 3. The number of amides is 1. The highest BCUT2D eigenvalue weighted by atomic mass is 32.2. The molecule has 3 aromatic carbocycles. The van der Waals surface area contributed by atoms with Crippen molar-refractivity contribution in [3.8, 4) is 17.2 Å². The number of hydrazone groups is 1. The molecule has 0 aliphatic heterocycles. The summed E-state index contributed by atoms with van der Waals surface area (Å²) in [6.07, 6.45) is 1.35. The number of nitrogens with zero attached hydrogens (tertiary/aromatic N) is 3. The molecule has 0 saturated heterocycles. The number of rotatable bonds is 6. The Kier molecular flexibility index (Phi) is 6.41. The van der Waals surface area contributed by atoms with Gasteiger partial charge in [0.25, 0.3) is 11.5 Å². The zero-order chi connectivity index (χ0) is 23.4. The van der Waals surface area contributed by atoms with E-state index in [0.717, 1.165) is 17.3 Å². The molecule has 0 spiro atoms. The highest BCUT2D eigenvalue weighted by molar-refractivity contribution is 7.99. The van der Waals surface area contributed by atoms with Crippen molar-refractivity contribution in [3.63, 3.8) is 0 Å². The highest BCUT2D eigenvalue weighted by Crippen LogP contribution is 2.24. The molecule has 166 valence electrons. The summed E-state index contributed by atoms with van der Waals surface area (Å²) in [5.41, 5.74) is 4.98. The van der Waals surface area contributed by atoms with E-state index in [0.29, 0.717) is 27.3 Å². The molecule has 0 radical (unpaired) electrons. The molecule has 1 heterocycles. The van der Waals surface area contributed by atoms with Gasteiger partial charge in [0.15, 0.2) is 16.7 Å². The van der Waals surface area contributed by atoms with E-state index in [1.807, 2.05) is 37.3 Å². The number of para-hydroxylation sites is 1. The molecule has 9 heteroatoms. The van der Waals surface area contributed by atoms with Gasteiger partial charge in [-0.15, -0.1) is 0 Å². The molecule has 4 aromatic rings. The molecular formula is C24H20N4O4S. The van der Waals surface area contributed by atoms with Crippen LogP contribution in [0, 0.1) is 6.92 Å². The first kappa shape index (κ1) is 22.1.